The van der Waals surface area contributed by atoms with Gasteiger partial charge < -0.3 is 15.7 Å². The number of carbonyl (C=O) groups is 2. The van der Waals surface area contributed by atoms with E-state index >= 15 is 0 Å². The molecule has 0 aliphatic heterocycles. The molecule has 1 rings (SSSR count). The first kappa shape index (κ1) is 15.1. The molecular formula is C13H17FN2O3. The SMILES string of the molecule is CCNC(C)(C)C(=O)Nc1cc(F)ccc1C(=O)O. The number of nitrogens with one attached hydrogen (secondary N) is 2. The highest BCUT2D eigenvalue weighted by Crippen LogP contribution is 2.19. The number of benzene rings is 1. The van der Waals surface area contributed by atoms with E-state index in [0.29, 0.717) is 6.54 Å². The maximum Gasteiger partial charge on any atom is 0.337 e. The Labute approximate surface area is 110 Å². The van der Waals surface area contributed by atoms with Crippen LogP contribution in [0.5, 0.6) is 0 Å². The highest BCUT2D eigenvalue weighted by atomic mass is 19.1. The normalized spacial score (nSPS) is 11.2. The Hall–Kier alpha value is -1.95. The second kappa shape index (κ2) is 5.79. The zero-order valence-corrected chi connectivity index (χ0v) is 11.1. The van der Waals surface area contributed by atoms with Gasteiger partial charge in [-0.25, -0.2) is 9.18 Å². The van der Waals surface area contributed by atoms with Gasteiger partial charge in [-0.1, -0.05) is 6.92 Å². The Kier molecular flexibility index (Phi) is 4.61. The summed E-state index contributed by atoms with van der Waals surface area (Å²) in [4.78, 5) is 23.0. The van der Waals surface area contributed by atoms with Crippen LogP contribution in [0.15, 0.2) is 18.2 Å². The van der Waals surface area contributed by atoms with E-state index < -0.39 is 23.2 Å². The van der Waals surface area contributed by atoms with E-state index in [9.17, 15) is 14.0 Å². The fraction of sp³-hybridized carbons (Fsp3) is 0.385. The molecule has 0 radical (unpaired) electrons. The smallest absolute Gasteiger partial charge is 0.337 e. The number of anilines is 1. The topological polar surface area (TPSA) is 78.4 Å². The van der Waals surface area contributed by atoms with Crippen molar-refractivity contribution >= 4 is 17.6 Å². The third-order valence-corrected chi connectivity index (χ3v) is 2.65. The van der Waals surface area contributed by atoms with Crippen LogP contribution in [-0.2, 0) is 4.79 Å². The second-order valence-electron chi connectivity index (χ2n) is 4.60. The Morgan fingerprint density at radius 3 is 2.53 bits per heavy atom. The summed E-state index contributed by atoms with van der Waals surface area (Å²) < 4.78 is 13.1. The molecule has 19 heavy (non-hydrogen) atoms. The van der Waals surface area contributed by atoms with Gasteiger partial charge in [0, 0.05) is 0 Å². The molecule has 6 heteroatoms. The Bertz CT molecular complexity index is 501. The number of likely N-dealkylation sites (N-methyl/N-ethyl adjacent to an activating group) is 1. The molecule has 0 bridgehead atoms. The van der Waals surface area contributed by atoms with Gasteiger partial charge in [0.15, 0.2) is 0 Å². The lowest BCUT2D eigenvalue weighted by atomic mass is 10.0. The van der Waals surface area contributed by atoms with E-state index in [1.807, 2.05) is 6.92 Å². The number of halogens is 1. The van der Waals surface area contributed by atoms with Crippen molar-refractivity contribution in [2.45, 2.75) is 26.3 Å². The van der Waals surface area contributed by atoms with Gasteiger partial charge in [-0.3, -0.25) is 4.79 Å². The van der Waals surface area contributed by atoms with Gasteiger partial charge in [0.2, 0.25) is 5.91 Å². The lowest BCUT2D eigenvalue weighted by molar-refractivity contribution is -0.121. The summed E-state index contributed by atoms with van der Waals surface area (Å²) in [5.74, 6) is -2.26. The lowest BCUT2D eigenvalue weighted by Gasteiger charge is -2.24. The van der Waals surface area contributed by atoms with Crippen LogP contribution in [0.3, 0.4) is 0 Å². The summed E-state index contributed by atoms with van der Waals surface area (Å²) in [7, 11) is 0. The molecule has 5 nitrogen and oxygen atoms in total. The van der Waals surface area contributed by atoms with Crippen LogP contribution in [0, 0.1) is 5.82 Å². The third kappa shape index (κ3) is 3.75. The second-order valence-corrected chi connectivity index (χ2v) is 4.60. The highest BCUT2D eigenvalue weighted by Gasteiger charge is 2.27. The molecule has 0 unspecified atom stereocenters. The number of carbonyl (C=O) groups excluding carboxylic acids is 1. The molecule has 0 saturated heterocycles. The molecule has 0 atom stereocenters. The average molecular weight is 268 g/mol. The Balaban J connectivity index is 3.02. The summed E-state index contributed by atoms with van der Waals surface area (Å²) in [5, 5.41) is 14.4. The van der Waals surface area contributed by atoms with Gasteiger partial charge >= 0.3 is 5.97 Å². The zero-order valence-electron chi connectivity index (χ0n) is 11.1. The number of aromatic carboxylic acids is 1. The van der Waals surface area contributed by atoms with Gasteiger partial charge in [0.25, 0.3) is 0 Å². The van der Waals surface area contributed by atoms with Gasteiger partial charge in [-0.2, -0.15) is 0 Å². The number of rotatable bonds is 5. The fourth-order valence-electron chi connectivity index (χ4n) is 1.61. The van der Waals surface area contributed by atoms with E-state index in [0.717, 1.165) is 18.2 Å². The molecule has 0 saturated carbocycles. The number of amides is 1. The molecule has 1 aromatic rings. The number of hydrogen-bond donors (Lipinski definition) is 3. The first-order valence-corrected chi connectivity index (χ1v) is 5.87. The number of carboxylic acid groups (broad SMARTS) is 1. The van der Waals surface area contributed by atoms with E-state index in [-0.39, 0.29) is 11.3 Å². The highest BCUT2D eigenvalue weighted by molar-refractivity contribution is 6.03. The summed E-state index contributed by atoms with van der Waals surface area (Å²) in [5.41, 5.74) is -1.08. The monoisotopic (exact) mass is 268 g/mol. The summed E-state index contributed by atoms with van der Waals surface area (Å²) in [6, 6.07) is 3.14. The molecule has 1 amide bonds. The fourth-order valence-corrected chi connectivity index (χ4v) is 1.61. The quantitative estimate of drug-likeness (QED) is 0.761. The number of hydrogen-bond acceptors (Lipinski definition) is 3. The van der Waals surface area contributed by atoms with E-state index in [2.05, 4.69) is 10.6 Å². The summed E-state index contributed by atoms with van der Waals surface area (Å²) in [6.45, 7) is 5.74. The average Bonchev–Trinajstić information content (AvgIpc) is 2.28. The van der Waals surface area contributed by atoms with Gasteiger partial charge in [-0.05, 0) is 38.6 Å². The zero-order chi connectivity index (χ0) is 14.6. The standard InChI is InChI=1S/C13H17FN2O3/c1-4-15-13(2,3)12(19)16-10-7-8(14)5-6-9(10)11(17)18/h5-7,15H,4H2,1-3H3,(H,16,19)(H,17,18). The van der Waals surface area contributed by atoms with Gasteiger partial charge in [0.05, 0.1) is 16.8 Å². The minimum atomic E-state index is -1.23. The van der Waals surface area contributed by atoms with Crippen LogP contribution in [0.4, 0.5) is 10.1 Å². The van der Waals surface area contributed by atoms with E-state index in [1.165, 1.54) is 0 Å². The van der Waals surface area contributed by atoms with Crippen LogP contribution in [0.2, 0.25) is 0 Å². The van der Waals surface area contributed by atoms with Crippen molar-refractivity contribution in [3.8, 4) is 0 Å². The minimum Gasteiger partial charge on any atom is -0.478 e. The van der Waals surface area contributed by atoms with Crippen molar-refractivity contribution in [1.82, 2.24) is 5.32 Å². The molecule has 0 aliphatic carbocycles. The van der Waals surface area contributed by atoms with Crippen LogP contribution in [-0.4, -0.2) is 29.1 Å². The van der Waals surface area contributed by atoms with Crippen LogP contribution < -0.4 is 10.6 Å². The molecule has 0 aromatic heterocycles. The first-order chi connectivity index (χ1) is 8.77. The number of carboxylic acids is 1. The van der Waals surface area contributed by atoms with Crippen LogP contribution in [0.1, 0.15) is 31.1 Å². The van der Waals surface area contributed by atoms with Crippen LogP contribution >= 0.6 is 0 Å². The van der Waals surface area contributed by atoms with Gasteiger partial charge in [0.1, 0.15) is 5.82 Å². The van der Waals surface area contributed by atoms with E-state index in [1.54, 1.807) is 13.8 Å². The first-order valence-electron chi connectivity index (χ1n) is 5.87. The minimum absolute atomic E-state index is 0.0523. The maximum absolute atomic E-state index is 13.1. The van der Waals surface area contributed by atoms with Crippen molar-refractivity contribution in [2.75, 3.05) is 11.9 Å². The lowest BCUT2D eigenvalue weighted by Crippen LogP contribution is -2.49. The third-order valence-electron chi connectivity index (χ3n) is 2.65. The predicted molar refractivity (Wildman–Crippen MR) is 69.7 cm³/mol. The van der Waals surface area contributed by atoms with Crippen molar-refractivity contribution in [3.63, 3.8) is 0 Å². The largest absolute Gasteiger partial charge is 0.478 e. The molecule has 0 fully saturated rings. The van der Waals surface area contributed by atoms with Crippen LogP contribution in [0.25, 0.3) is 0 Å². The van der Waals surface area contributed by atoms with Crippen molar-refractivity contribution in [1.29, 1.82) is 0 Å². The van der Waals surface area contributed by atoms with Gasteiger partial charge in [-0.15, -0.1) is 0 Å². The molecule has 0 spiro atoms. The predicted octanol–water partition coefficient (Wildman–Crippen LogP) is 1.85. The van der Waals surface area contributed by atoms with Crippen molar-refractivity contribution < 1.29 is 19.1 Å². The Morgan fingerprint density at radius 2 is 2.00 bits per heavy atom. The maximum atomic E-state index is 13.1. The van der Waals surface area contributed by atoms with Crippen molar-refractivity contribution in [2.24, 2.45) is 0 Å². The summed E-state index contributed by atoms with van der Waals surface area (Å²) in [6.07, 6.45) is 0. The molecule has 3 N–H and O–H groups in total. The molecule has 0 heterocycles. The Morgan fingerprint density at radius 1 is 1.37 bits per heavy atom. The molecular weight excluding hydrogens is 251 g/mol. The van der Waals surface area contributed by atoms with E-state index in [4.69, 9.17) is 5.11 Å². The molecule has 0 aliphatic rings. The van der Waals surface area contributed by atoms with Crippen molar-refractivity contribution in [3.05, 3.63) is 29.6 Å². The summed E-state index contributed by atoms with van der Waals surface area (Å²) >= 11 is 0. The molecule has 1 aromatic carbocycles. The molecule has 104 valence electrons.